The predicted molar refractivity (Wildman–Crippen MR) is 252 cm³/mol. The van der Waals surface area contributed by atoms with Crippen molar-refractivity contribution < 1.29 is 4.42 Å². The molecular formula is C55H35N5O. The van der Waals surface area contributed by atoms with Crippen molar-refractivity contribution in [2.24, 2.45) is 9.98 Å². The van der Waals surface area contributed by atoms with E-state index in [-0.39, 0.29) is 6.17 Å². The van der Waals surface area contributed by atoms with Crippen LogP contribution >= 0.6 is 0 Å². The monoisotopic (exact) mass is 781 g/mol. The number of aliphatic imine (C=N–C) groups is 2. The van der Waals surface area contributed by atoms with Gasteiger partial charge in [0.05, 0.1) is 27.8 Å². The zero-order valence-corrected chi connectivity index (χ0v) is 32.8. The average molecular weight is 782 g/mol. The fourth-order valence-corrected chi connectivity index (χ4v) is 9.58. The molecule has 1 unspecified atom stereocenters. The maximum absolute atomic E-state index is 6.74. The van der Waals surface area contributed by atoms with E-state index in [2.05, 4.69) is 196 Å². The summed E-state index contributed by atoms with van der Waals surface area (Å²) in [6.45, 7) is 0. The number of hydrogen-bond acceptors (Lipinski definition) is 4. The smallest absolute Gasteiger partial charge is 0.159 e. The molecule has 1 N–H and O–H groups in total. The molecule has 0 aliphatic carbocycles. The van der Waals surface area contributed by atoms with Crippen molar-refractivity contribution >= 4 is 88.0 Å². The maximum Gasteiger partial charge on any atom is 0.159 e. The quantitative estimate of drug-likeness (QED) is 0.189. The van der Waals surface area contributed by atoms with E-state index in [0.717, 1.165) is 83.3 Å². The summed E-state index contributed by atoms with van der Waals surface area (Å²) in [5.41, 5.74) is 11.2. The van der Waals surface area contributed by atoms with Crippen molar-refractivity contribution in [1.82, 2.24) is 14.5 Å². The molecule has 12 aromatic rings. The number of rotatable bonds is 5. The minimum Gasteiger partial charge on any atom is -0.456 e. The molecule has 286 valence electrons. The van der Waals surface area contributed by atoms with Gasteiger partial charge in [-0.25, -0.2) is 9.98 Å². The average Bonchev–Trinajstić information content (AvgIpc) is 3.98. The van der Waals surface area contributed by atoms with Crippen LogP contribution in [0.2, 0.25) is 0 Å². The fraction of sp³-hybridized carbons (Fsp3) is 0.0182. The van der Waals surface area contributed by atoms with Crippen LogP contribution in [-0.2, 0) is 0 Å². The molecule has 9 aromatic carbocycles. The Morgan fingerprint density at radius 1 is 0.443 bits per heavy atom. The van der Waals surface area contributed by atoms with Crippen molar-refractivity contribution in [3.05, 3.63) is 217 Å². The van der Waals surface area contributed by atoms with Crippen LogP contribution in [0.3, 0.4) is 0 Å². The van der Waals surface area contributed by atoms with Gasteiger partial charge in [0.2, 0.25) is 0 Å². The van der Waals surface area contributed by atoms with Gasteiger partial charge in [0.15, 0.2) is 5.84 Å². The Kier molecular flexibility index (Phi) is 7.27. The van der Waals surface area contributed by atoms with Crippen LogP contribution < -0.4 is 5.32 Å². The molecular weight excluding hydrogens is 747 g/mol. The van der Waals surface area contributed by atoms with E-state index in [1.807, 2.05) is 18.2 Å². The highest BCUT2D eigenvalue weighted by atomic mass is 16.3. The number of hydrogen-bond donors (Lipinski definition) is 1. The molecule has 0 fully saturated rings. The van der Waals surface area contributed by atoms with E-state index in [4.69, 9.17) is 14.4 Å². The number of amidine groups is 2. The number of aromatic nitrogens is 2. The first-order valence-electron chi connectivity index (χ1n) is 20.7. The summed E-state index contributed by atoms with van der Waals surface area (Å²) in [7, 11) is 0. The van der Waals surface area contributed by atoms with Crippen LogP contribution in [0.25, 0.3) is 87.7 Å². The largest absolute Gasteiger partial charge is 0.456 e. The number of benzene rings is 9. The second kappa shape index (κ2) is 13.1. The Labute approximate surface area is 349 Å². The molecule has 6 nitrogen and oxygen atoms in total. The number of furan rings is 1. The molecule has 0 saturated heterocycles. The second-order valence-electron chi connectivity index (χ2n) is 15.8. The number of fused-ring (bicyclic) bond motifs is 10. The van der Waals surface area contributed by atoms with E-state index in [9.17, 15) is 0 Å². The normalized spacial score (nSPS) is 14.4. The van der Waals surface area contributed by atoms with Gasteiger partial charge in [-0.2, -0.15) is 0 Å². The highest BCUT2D eigenvalue weighted by Crippen LogP contribution is 2.40. The molecule has 0 radical (unpaired) electrons. The standard InChI is InChI=1S/C55H35N5O/c1-3-15-34(16-4-1)53-56-54(37-27-28-48-43(30-37)40-21-9-12-24-46(40)59(48)38-19-5-2-6-20-38)58-55(57-53)45-32-39(33-51-52(45)42-23-11-14-26-50(42)61-51)60-47-25-13-10-22-41(47)44-29-35-17-7-8-18-36(35)31-49(44)60/h1-33,53H,(H,56,57,58). The number of nitrogens with one attached hydrogen (secondary N) is 1. The molecule has 0 spiro atoms. The first-order valence-corrected chi connectivity index (χ1v) is 20.7. The lowest BCUT2D eigenvalue weighted by molar-refractivity contribution is 0.667. The molecule has 3 aromatic heterocycles. The molecule has 4 heterocycles. The lowest BCUT2D eigenvalue weighted by atomic mass is 10.0. The molecule has 0 bridgehead atoms. The maximum atomic E-state index is 6.74. The summed E-state index contributed by atoms with van der Waals surface area (Å²) in [6, 6.07) is 70.9. The highest BCUT2D eigenvalue weighted by molar-refractivity contribution is 6.23. The first kappa shape index (κ1) is 33.7. The Balaban J connectivity index is 1.06. The topological polar surface area (TPSA) is 59.8 Å². The van der Waals surface area contributed by atoms with Gasteiger partial charge in [0, 0.05) is 55.2 Å². The van der Waals surface area contributed by atoms with Crippen molar-refractivity contribution in [3.63, 3.8) is 0 Å². The minimum absolute atomic E-state index is 0.387. The lowest BCUT2D eigenvalue weighted by Gasteiger charge is -2.24. The molecule has 1 aliphatic heterocycles. The van der Waals surface area contributed by atoms with Crippen molar-refractivity contribution in [2.45, 2.75) is 6.17 Å². The number of nitrogens with zero attached hydrogens (tertiary/aromatic N) is 4. The van der Waals surface area contributed by atoms with Crippen molar-refractivity contribution in [1.29, 1.82) is 0 Å². The summed E-state index contributed by atoms with van der Waals surface area (Å²) >= 11 is 0. The van der Waals surface area contributed by atoms with Gasteiger partial charge in [-0.05, 0) is 83.1 Å². The second-order valence-corrected chi connectivity index (χ2v) is 15.8. The van der Waals surface area contributed by atoms with Gasteiger partial charge in [-0.15, -0.1) is 0 Å². The van der Waals surface area contributed by atoms with Crippen LogP contribution in [0.1, 0.15) is 22.9 Å². The SMILES string of the molecule is c1ccc(C2N=C(c3ccc4c(c3)c3ccccc3n4-c3ccccc3)N=C(c3cc(-n4c5ccccc5c5cc6ccccc6cc54)cc4oc5ccccc5c34)N2)cc1. The molecule has 13 rings (SSSR count). The van der Waals surface area contributed by atoms with Crippen molar-refractivity contribution in [2.75, 3.05) is 0 Å². The van der Waals surface area contributed by atoms with Crippen molar-refractivity contribution in [3.8, 4) is 11.4 Å². The van der Waals surface area contributed by atoms with Gasteiger partial charge >= 0.3 is 0 Å². The zero-order chi connectivity index (χ0) is 40.0. The molecule has 6 heteroatoms. The first-order chi connectivity index (χ1) is 30.2. The molecule has 0 amide bonds. The third-order valence-corrected chi connectivity index (χ3v) is 12.3. The fourth-order valence-electron chi connectivity index (χ4n) is 9.58. The Bertz CT molecular complexity index is 3800. The molecule has 0 saturated carbocycles. The van der Waals surface area contributed by atoms with Crippen LogP contribution in [0.5, 0.6) is 0 Å². The predicted octanol–water partition coefficient (Wildman–Crippen LogP) is 13.4. The molecule has 1 atom stereocenters. The van der Waals surface area contributed by atoms with Crippen LogP contribution in [-0.4, -0.2) is 20.8 Å². The minimum atomic E-state index is -0.387. The van der Waals surface area contributed by atoms with E-state index >= 15 is 0 Å². The van der Waals surface area contributed by atoms with E-state index < -0.39 is 0 Å². The molecule has 61 heavy (non-hydrogen) atoms. The van der Waals surface area contributed by atoms with Gasteiger partial charge in [0.25, 0.3) is 0 Å². The summed E-state index contributed by atoms with van der Waals surface area (Å²) in [4.78, 5) is 10.8. The molecule has 1 aliphatic rings. The zero-order valence-electron chi connectivity index (χ0n) is 32.8. The Morgan fingerprint density at radius 3 is 1.82 bits per heavy atom. The Hall–Kier alpha value is -8.22. The third-order valence-electron chi connectivity index (χ3n) is 12.3. The summed E-state index contributed by atoms with van der Waals surface area (Å²) in [5.74, 6) is 1.39. The van der Waals surface area contributed by atoms with Gasteiger partial charge in [-0.1, -0.05) is 127 Å². The van der Waals surface area contributed by atoms with Gasteiger partial charge in [-0.3, -0.25) is 0 Å². The summed E-state index contributed by atoms with van der Waals surface area (Å²) in [6.07, 6.45) is -0.387. The van der Waals surface area contributed by atoms with Gasteiger partial charge < -0.3 is 18.9 Å². The Morgan fingerprint density at radius 2 is 1.05 bits per heavy atom. The summed E-state index contributed by atoms with van der Waals surface area (Å²) < 4.78 is 11.4. The van der Waals surface area contributed by atoms with Crippen LogP contribution in [0, 0.1) is 0 Å². The van der Waals surface area contributed by atoms with Crippen LogP contribution in [0.15, 0.2) is 215 Å². The van der Waals surface area contributed by atoms with Gasteiger partial charge in [0.1, 0.15) is 23.2 Å². The van der Waals surface area contributed by atoms with E-state index in [0.29, 0.717) is 5.84 Å². The number of para-hydroxylation sites is 4. The highest BCUT2D eigenvalue weighted by Gasteiger charge is 2.26. The van der Waals surface area contributed by atoms with Crippen LogP contribution in [0.4, 0.5) is 0 Å². The lowest BCUT2D eigenvalue weighted by Crippen LogP contribution is -2.33. The third kappa shape index (κ3) is 5.22. The van der Waals surface area contributed by atoms with E-state index in [1.165, 1.54) is 26.9 Å². The van der Waals surface area contributed by atoms with E-state index in [1.54, 1.807) is 0 Å². The summed E-state index contributed by atoms with van der Waals surface area (Å²) in [5, 5.41) is 13.0.